The van der Waals surface area contributed by atoms with Gasteiger partial charge in [0.1, 0.15) is 12.6 Å². The molecular formula is C25H35N3O6S. The molecule has 0 bridgehead atoms. The van der Waals surface area contributed by atoms with Crippen LogP contribution in [-0.2, 0) is 26.2 Å². The third-order valence-corrected chi connectivity index (χ3v) is 6.51. The van der Waals surface area contributed by atoms with Crippen LogP contribution in [0.3, 0.4) is 0 Å². The summed E-state index contributed by atoms with van der Waals surface area (Å²) in [5, 5.41) is 2.82. The molecule has 0 saturated carbocycles. The number of anilines is 1. The zero-order valence-corrected chi connectivity index (χ0v) is 22.2. The van der Waals surface area contributed by atoms with Crippen molar-refractivity contribution in [2.75, 3.05) is 31.3 Å². The predicted molar refractivity (Wildman–Crippen MR) is 136 cm³/mol. The number of methoxy groups -OCH3 is 2. The van der Waals surface area contributed by atoms with Gasteiger partial charge in [-0.2, -0.15) is 0 Å². The Bertz CT molecular complexity index is 1150. The number of rotatable bonds is 11. The predicted octanol–water partition coefficient (Wildman–Crippen LogP) is 2.72. The number of hydrogen-bond acceptors (Lipinski definition) is 6. The van der Waals surface area contributed by atoms with Crippen LogP contribution in [0.25, 0.3) is 0 Å². The minimum absolute atomic E-state index is 0.111. The normalized spacial score (nSPS) is 12.1. The molecule has 192 valence electrons. The van der Waals surface area contributed by atoms with Crippen molar-refractivity contribution in [3.8, 4) is 11.5 Å². The number of nitrogens with zero attached hydrogens (tertiary/aromatic N) is 2. The van der Waals surface area contributed by atoms with Crippen molar-refractivity contribution < 1.29 is 27.5 Å². The lowest BCUT2D eigenvalue weighted by Crippen LogP contribution is -2.52. The highest BCUT2D eigenvalue weighted by Crippen LogP contribution is 2.32. The van der Waals surface area contributed by atoms with Gasteiger partial charge in [0.25, 0.3) is 0 Å². The average Bonchev–Trinajstić information content (AvgIpc) is 2.78. The van der Waals surface area contributed by atoms with E-state index in [9.17, 15) is 18.0 Å². The molecule has 1 unspecified atom stereocenters. The molecule has 0 aromatic heterocycles. The highest BCUT2D eigenvalue weighted by molar-refractivity contribution is 7.92. The smallest absolute Gasteiger partial charge is 0.244 e. The van der Waals surface area contributed by atoms with Gasteiger partial charge >= 0.3 is 0 Å². The third kappa shape index (κ3) is 7.61. The molecule has 1 N–H and O–H groups in total. The van der Waals surface area contributed by atoms with Crippen LogP contribution in [0.5, 0.6) is 11.5 Å². The Balaban J connectivity index is 2.44. The van der Waals surface area contributed by atoms with Gasteiger partial charge in [0.05, 0.1) is 26.2 Å². The van der Waals surface area contributed by atoms with Crippen molar-refractivity contribution in [1.29, 1.82) is 0 Å². The number of carbonyl (C=O) groups is 2. The monoisotopic (exact) mass is 505 g/mol. The van der Waals surface area contributed by atoms with Gasteiger partial charge in [0, 0.05) is 18.7 Å². The van der Waals surface area contributed by atoms with E-state index >= 15 is 0 Å². The fourth-order valence-electron chi connectivity index (χ4n) is 3.59. The van der Waals surface area contributed by atoms with Crippen LogP contribution in [0.4, 0.5) is 5.69 Å². The van der Waals surface area contributed by atoms with Gasteiger partial charge in [-0.3, -0.25) is 13.9 Å². The second-order valence-corrected chi connectivity index (χ2v) is 10.6. The van der Waals surface area contributed by atoms with E-state index < -0.39 is 28.5 Å². The summed E-state index contributed by atoms with van der Waals surface area (Å²) in [5.41, 5.74) is 2.09. The molecule has 0 saturated heterocycles. The lowest BCUT2D eigenvalue weighted by molar-refractivity contribution is -0.139. The molecule has 0 fully saturated rings. The van der Waals surface area contributed by atoms with Crippen LogP contribution in [0.1, 0.15) is 31.9 Å². The Morgan fingerprint density at radius 2 is 1.66 bits per heavy atom. The molecule has 9 nitrogen and oxygen atoms in total. The molecule has 0 aliphatic carbocycles. The van der Waals surface area contributed by atoms with Gasteiger partial charge < -0.3 is 19.7 Å². The number of ether oxygens (including phenoxy) is 2. The van der Waals surface area contributed by atoms with Crippen molar-refractivity contribution in [1.82, 2.24) is 10.2 Å². The van der Waals surface area contributed by atoms with Crippen molar-refractivity contribution in [2.24, 2.45) is 0 Å². The number of carbonyl (C=O) groups excluding carboxylic acids is 2. The van der Waals surface area contributed by atoms with Crippen LogP contribution < -0.4 is 19.1 Å². The maximum absolute atomic E-state index is 13.6. The summed E-state index contributed by atoms with van der Waals surface area (Å²) in [6.07, 6.45) is 1.02. The van der Waals surface area contributed by atoms with Crippen molar-refractivity contribution in [3.05, 3.63) is 53.6 Å². The highest BCUT2D eigenvalue weighted by atomic mass is 32.2. The molecule has 0 radical (unpaired) electrons. The topological polar surface area (TPSA) is 105 Å². The lowest BCUT2D eigenvalue weighted by atomic mass is 10.1. The second kappa shape index (κ2) is 11.9. The Kier molecular flexibility index (Phi) is 9.53. The summed E-state index contributed by atoms with van der Waals surface area (Å²) < 4.78 is 36.9. The van der Waals surface area contributed by atoms with E-state index in [0.717, 1.165) is 21.7 Å². The van der Waals surface area contributed by atoms with Gasteiger partial charge in [-0.15, -0.1) is 0 Å². The minimum Gasteiger partial charge on any atom is -0.493 e. The molecule has 0 heterocycles. The zero-order chi connectivity index (χ0) is 26.3. The number of benzene rings is 2. The first-order valence-corrected chi connectivity index (χ1v) is 13.1. The Morgan fingerprint density at radius 1 is 1.00 bits per heavy atom. The SMILES string of the molecule is COc1ccc(N(CC(=O)N(Cc2cccc(C)c2)C(C)C(=O)NC(C)C)S(C)(=O)=O)cc1OC. The summed E-state index contributed by atoms with van der Waals surface area (Å²) in [5.74, 6) is -0.0837. The number of amides is 2. The van der Waals surface area contributed by atoms with E-state index in [2.05, 4.69) is 5.32 Å². The van der Waals surface area contributed by atoms with Crippen molar-refractivity contribution in [2.45, 2.75) is 46.3 Å². The average molecular weight is 506 g/mol. The second-order valence-electron chi connectivity index (χ2n) is 8.66. The van der Waals surface area contributed by atoms with Crippen LogP contribution in [0, 0.1) is 6.92 Å². The van der Waals surface area contributed by atoms with Gasteiger partial charge in [-0.1, -0.05) is 29.8 Å². The summed E-state index contributed by atoms with van der Waals surface area (Å²) in [6, 6.07) is 11.3. The van der Waals surface area contributed by atoms with E-state index in [0.29, 0.717) is 11.5 Å². The van der Waals surface area contributed by atoms with Crippen LogP contribution in [-0.4, -0.2) is 64.2 Å². The molecule has 35 heavy (non-hydrogen) atoms. The fraction of sp³-hybridized carbons (Fsp3) is 0.440. The largest absolute Gasteiger partial charge is 0.493 e. The Hall–Kier alpha value is -3.27. The summed E-state index contributed by atoms with van der Waals surface area (Å²) in [6.45, 7) is 6.90. The molecule has 2 rings (SSSR count). The van der Waals surface area contributed by atoms with Crippen LogP contribution in [0.2, 0.25) is 0 Å². The molecule has 10 heteroatoms. The first-order chi connectivity index (χ1) is 16.4. The van der Waals surface area contributed by atoms with Gasteiger partial charge in [0.15, 0.2) is 11.5 Å². The maximum Gasteiger partial charge on any atom is 0.244 e. The molecule has 1 atom stereocenters. The zero-order valence-electron chi connectivity index (χ0n) is 21.4. The summed E-state index contributed by atoms with van der Waals surface area (Å²) in [7, 11) is -0.932. The van der Waals surface area contributed by atoms with Gasteiger partial charge in [-0.05, 0) is 45.4 Å². The standard InChI is InChI=1S/C25H35N3O6S/c1-17(2)26-25(30)19(4)27(15-20-10-8-9-18(3)13-20)24(29)16-28(35(7,31)32)21-11-12-22(33-5)23(14-21)34-6/h8-14,17,19H,15-16H2,1-7H3,(H,26,30). The first kappa shape index (κ1) is 28.0. The van der Waals surface area contributed by atoms with Gasteiger partial charge in [-0.25, -0.2) is 8.42 Å². The number of nitrogens with one attached hydrogen (secondary N) is 1. The van der Waals surface area contributed by atoms with E-state index in [4.69, 9.17) is 9.47 Å². The number of hydrogen-bond donors (Lipinski definition) is 1. The number of aryl methyl sites for hydroxylation is 1. The number of sulfonamides is 1. The van der Waals surface area contributed by atoms with E-state index in [-0.39, 0.29) is 24.2 Å². The fourth-order valence-corrected chi connectivity index (χ4v) is 4.43. The third-order valence-electron chi connectivity index (χ3n) is 5.37. The van der Waals surface area contributed by atoms with Crippen molar-refractivity contribution >= 4 is 27.5 Å². The Morgan fingerprint density at radius 3 is 2.20 bits per heavy atom. The first-order valence-electron chi connectivity index (χ1n) is 11.2. The maximum atomic E-state index is 13.6. The highest BCUT2D eigenvalue weighted by Gasteiger charge is 2.30. The van der Waals surface area contributed by atoms with E-state index in [1.54, 1.807) is 13.0 Å². The molecule has 2 aromatic carbocycles. The molecule has 0 aliphatic heterocycles. The van der Waals surface area contributed by atoms with Crippen LogP contribution in [0.15, 0.2) is 42.5 Å². The molecule has 0 aliphatic rings. The van der Waals surface area contributed by atoms with E-state index in [1.807, 2.05) is 45.0 Å². The van der Waals surface area contributed by atoms with Crippen LogP contribution >= 0.6 is 0 Å². The quantitative estimate of drug-likeness (QED) is 0.504. The lowest BCUT2D eigenvalue weighted by Gasteiger charge is -2.32. The summed E-state index contributed by atoms with van der Waals surface area (Å²) >= 11 is 0. The summed E-state index contributed by atoms with van der Waals surface area (Å²) in [4.78, 5) is 27.7. The molecule has 2 aromatic rings. The molecule has 0 spiro atoms. The minimum atomic E-state index is -3.85. The van der Waals surface area contributed by atoms with E-state index in [1.165, 1.54) is 31.3 Å². The van der Waals surface area contributed by atoms with Gasteiger partial charge in [0.2, 0.25) is 21.8 Å². The molecule has 2 amide bonds. The van der Waals surface area contributed by atoms with Crippen molar-refractivity contribution in [3.63, 3.8) is 0 Å². The molecular weight excluding hydrogens is 470 g/mol. The Labute approximate surface area is 208 Å².